The first-order chi connectivity index (χ1) is 22.3. The Morgan fingerprint density at radius 2 is 1.13 bits per heavy atom. The van der Waals surface area contributed by atoms with Gasteiger partial charge in [-0.3, -0.25) is 0 Å². The Hall–Kier alpha value is -4.99. The largest absolute Gasteiger partial charge is 0.456 e. The maximum atomic E-state index is 6.09. The molecule has 216 valence electrons. The van der Waals surface area contributed by atoms with Gasteiger partial charge >= 0.3 is 0 Å². The Bertz CT molecular complexity index is 2260. The summed E-state index contributed by atoms with van der Waals surface area (Å²) >= 11 is 2.10. The van der Waals surface area contributed by atoms with Crippen LogP contribution in [-0.2, 0) is 0 Å². The van der Waals surface area contributed by atoms with Crippen LogP contribution in [0.1, 0.15) is 34.5 Å². The minimum atomic E-state index is 0.517. The van der Waals surface area contributed by atoms with E-state index in [4.69, 9.17) is 4.42 Å². The van der Waals surface area contributed by atoms with Gasteiger partial charge in [0.25, 0.3) is 0 Å². The number of nitrogens with zero attached hydrogens (tertiary/aromatic N) is 1. The fraction of sp³-hybridized carbons (Fsp3) is 0.0952. The Balaban J connectivity index is 0.947. The predicted octanol–water partition coefficient (Wildman–Crippen LogP) is 12.2. The van der Waals surface area contributed by atoms with Crippen LogP contribution < -0.4 is 0 Å². The Kier molecular flexibility index (Phi) is 6.38. The number of hydrogen-bond acceptors (Lipinski definition) is 2. The Morgan fingerprint density at radius 1 is 0.511 bits per heavy atom. The predicted molar refractivity (Wildman–Crippen MR) is 190 cm³/mol. The van der Waals surface area contributed by atoms with Crippen molar-refractivity contribution in [3.05, 3.63) is 163 Å². The monoisotopic (exact) mass is 597 g/mol. The lowest BCUT2D eigenvalue weighted by Crippen LogP contribution is -1.92. The van der Waals surface area contributed by atoms with Crippen molar-refractivity contribution >= 4 is 44.5 Å². The highest BCUT2D eigenvalue weighted by molar-refractivity contribution is 8.00. The van der Waals surface area contributed by atoms with Crippen molar-refractivity contribution in [3.8, 4) is 28.1 Å². The van der Waals surface area contributed by atoms with Gasteiger partial charge in [0.1, 0.15) is 11.3 Å². The number of benzene rings is 6. The molecule has 1 aliphatic heterocycles. The highest BCUT2D eigenvalue weighted by Gasteiger charge is 2.28. The number of para-hydroxylation sites is 3. The lowest BCUT2D eigenvalue weighted by atomic mass is 9.99. The molecule has 2 atom stereocenters. The van der Waals surface area contributed by atoms with E-state index in [2.05, 4.69) is 156 Å². The molecule has 1 aliphatic rings. The van der Waals surface area contributed by atoms with Gasteiger partial charge in [0.2, 0.25) is 0 Å². The van der Waals surface area contributed by atoms with Gasteiger partial charge < -0.3 is 8.98 Å². The Morgan fingerprint density at radius 3 is 1.89 bits per heavy atom. The molecule has 8 aromatic rings. The second-order valence-corrected chi connectivity index (χ2v) is 13.4. The van der Waals surface area contributed by atoms with Gasteiger partial charge in [0.05, 0.1) is 11.0 Å². The average Bonchev–Trinajstić information content (AvgIpc) is 3.85. The van der Waals surface area contributed by atoms with E-state index in [0.29, 0.717) is 10.5 Å². The summed E-state index contributed by atoms with van der Waals surface area (Å²) < 4.78 is 8.46. The van der Waals surface area contributed by atoms with Gasteiger partial charge in [-0.2, -0.15) is 0 Å². The molecule has 1 fully saturated rings. The molecule has 0 bridgehead atoms. The van der Waals surface area contributed by atoms with E-state index < -0.39 is 0 Å². The maximum absolute atomic E-state index is 6.09. The van der Waals surface area contributed by atoms with E-state index in [-0.39, 0.29) is 0 Å². The molecule has 0 saturated carbocycles. The molecule has 0 N–H and O–H groups in total. The standard InChI is InChI=1S/C42H31NOS/c1-2-9-34(10-3-1)43-37-12-6-5-11-35(37)36-26-32(22-23-38(36)43)28-14-18-30(19-15-28)41-24-25-42(45-41)31-20-16-29(17-21-31)40-27-33-8-4-7-13-39(33)44-40/h1-23,26-27,41-42H,24-25H2. The van der Waals surface area contributed by atoms with Crippen LogP contribution >= 0.6 is 11.8 Å². The number of thioether (sulfide) groups is 1. The fourth-order valence-electron chi connectivity index (χ4n) is 7.01. The van der Waals surface area contributed by atoms with Crippen LogP contribution in [0.4, 0.5) is 0 Å². The minimum Gasteiger partial charge on any atom is -0.456 e. The first-order valence-corrected chi connectivity index (χ1v) is 16.7. The third kappa shape index (κ3) is 4.67. The molecule has 0 radical (unpaired) electrons. The molecule has 0 aliphatic carbocycles. The van der Waals surface area contributed by atoms with Crippen molar-refractivity contribution in [2.45, 2.75) is 23.3 Å². The molecule has 1 saturated heterocycles. The summed E-state index contributed by atoms with van der Waals surface area (Å²) in [6, 6.07) is 54.9. The summed E-state index contributed by atoms with van der Waals surface area (Å²) in [7, 11) is 0. The third-order valence-electron chi connectivity index (χ3n) is 9.31. The number of hydrogen-bond donors (Lipinski definition) is 0. The molecular formula is C42H31NOS. The lowest BCUT2D eigenvalue weighted by Gasteiger charge is -2.13. The van der Waals surface area contributed by atoms with Gasteiger partial charge in [-0.25, -0.2) is 0 Å². The first kappa shape index (κ1) is 26.4. The van der Waals surface area contributed by atoms with Crippen LogP contribution in [0.25, 0.3) is 60.9 Å². The first-order valence-electron chi connectivity index (χ1n) is 15.7. The summed E-state index contributed by atoms with van der Waals surface area (Å²) in [5.41, 5.74) is 11.1. The van der Waals surface area contributed by atoms with Gasteiger partial charge in [0.15, 0.2) is 0 Å². The van der Waals surface area contributed by atoms with Crippen molar-refractivity contribution < 1.29 is 4.42 Å². The number of aromatic nitrogens is 1. The van der Waals surface area contributed by atoms with Crippen molar-refractivity contribution in [2.75, 3.05) is 0 Å². The second-order valence-electron chi connectivity index (χ2n) is 12.0. The molecule has 2 unspecified atom stereocenters. The summed E-state index contributed by atoms with van der Waals surface area (Å²) in [6.07, 6.45) is 2.40. The second kappa shape index (κ2) is 10.9. The summed E-state index contributed by atoms with van der Waals surface area (Å²) in [5, 5.41) is 4.76. The van der Waals surface area contributed by atoms with Gasteiger partial charge in [-0.15, -0.1) is 11.8 Å². The van der Waals surface area contributed by atoms with Crippen LogP contribution in [0, 0.1) is 0 Å². The SMILES string of the molecule is c1ccc(-n2c3ccccc3c3cc(-c4ccc(C5CCC(c6ccc(-c7cc8ccccc8o7)cc6)S5)cc4)ccc32)cc1. The average molecular weight is 598 g/mol. The zero-order valence-corrected chi connectivity index (χ0v) is 25.6. The number of furan rings is 1. The van der Waals surface area contributed by atoms with E-state index in [1.165, 1.54) is 62.6 Å². The summed E-state index contributed by atoms with van der Waals surface area (Å²) in [5.74, 6) is 0.931. The van der Waals surface area contributed by atoms with Crippen LogP contribution in [-0.4, -0.2) is 4.57 Å². The van der Waals surface area contributed by atoms with Gasteiger partial charge in [-0.1, -0.05) is 109 Å². The maximum Gasteiger partial charge on any atom is 0.135 e. The highest BCUT2D eigenvalue weighted by atomic mass is 32.2. The summed E-state index contributed by atoms with van der Waals surface area (Å²) in [4.78, 5) is 0. The van der Waals surface area contributed by atoms with E-state index in [1.807, 2.05) is 12.1 Å². The topological polar surface area (TPSA) is 18.1 Å². The van der Waals surface area contributed by atoms with E-state index in [1.54, 1.807) is 0 Å². The lowest BCUT2D eigenvalue weighted by molar-refractivity contribution is 0.631. The van der Waals surface area contributed by atoms with Crippen molar-refractivity contribution in [1.82, 2.24) is 4.57 Å². The van der Waals surface area contributed by atoms with Crippen molar-refractivity contribution in [2.24, 2.45) is 0 Å². The molecule has 45 heavy (non-hydrogen) atoms. The number of fused-ring (bicyclic) bond motifs is 4. The third-order valence-corrected chi connectivity index (χ3v) is 11.0. The van der Waals surface area contributed by atoms with Crippen molar-refractivity contribution in [3.63, 3.8) is 0 Å². The molecule has 6 aromatic carbocycles. The normalized spacial score (nSPS) is 16.6. The molecule has 3 heterocycles. The molecule has 2 aromatic heterocycles. The van der Waals surface area contributed by atoms with Gasteiger partial charge in [0, 0.05) is 37.9 Å². The molecule has 0 spiro atoms. The van der Waals surface area contributed by atoms with E-state index in [0.717, 1.165) is 22.3 Å². The molecule has 2 nitrogen and oxygen atoms in total. The fourth-order valence-corrected chi connectivity index (χ4v) is 8.58. The van der Waals surface area contributed by atoms with Crippen LogP contribution in [0.3, 0.4) is 0 Å². The highest BCUT2D eigenvalue weighted by Crippen LogP contribution is 2.53. The van der Waals surface area contributed by atoms with Crippen LogP contribution in [0.5, 0.6) is 0 Å². The van der Waals surface area contributed by atoms with E-state index in [9.17, 15) is 0 Å². The molecule has 9 rings (SSSR count). The Labute approximate surface area is 266 Å². The van der Waals surface area contributed by atoms with Crippen molar-refractivity contribution in [1.29, 1.82) is 0 Å². The minimum absolute atomic E-state index is 0.517. The number of rotatable bonds is 5. The van der Waals surface area contributed by atoms with Crippen LogP contribution in [0.15, 0.2) is 156 Å². The zero-order valence-electron chi connectivity index (χ0n) is 24.8. The van der Waals surface area contributed by atoms with Crippen LogP contribution in [0.2, 0.25) is 0 Å². The molecule has 3 heteroatoms. The van der Waals surface area contributed by atoms with Gasteiger partial charge in [-0.05, 0) is 77.6 Å². The quantitative estimate of drug-likeness (QED) is 0.196. The summed E-state index contributed by atoms with van der Waals surface area (Å²) in [6.45, 7) is 0. The zero-order chi connectivity index (χ0) is 29.7. The van der Waals surface area contributed by atoms with E-state index >= 15 is 0 Å². The molecular weight excluding hydrogens is 567 g/mol. The smallest absolute Gasteiger partial charge is 0.135 e. The molecule has 0 amide bonds.